The van der Waals surface area contributed by atoms with Crippen LogP contribution >= 0.6 is 0 Å². The van der Waals surface area contributed by atoms with Crippen LogP contribution in [-0.2, 0) is 16.1 Å². The van der Waals surface area contributed by atoms with Crippen LogP contribution in [0.1, 0.15) is 38.2 Å². The molecular formula is C18H23NO2. The molecule has 112 valence electrons. The minimum atomic E-state index is -0.120. The van der Waals surface area contributed by atoms with Gasteiger partial charge in [0, 0.05) is 6.42 Å². The summed E-state index contributed by atoms with van der Waals surface area (Å²) < 4.78 is 12.4. The number of ether oxygens (including phenoxy) is 2. The van der Waals surface area contributed by atoms with E-state index in [2.05, 4.69) is 25.1 Å². The Bertz CT molecular complexity index is 510. The number of fused-ring (bicyclic) bond motifs is 2. The van der Waals surface area contributed by atoms with Crippen molar-refractivity contribution >= 4 is 0 Å². The molecule has 2 fully saturated rings. The van der Waals surface area contributed by atoms with E-state index in [1.54, 1.807) is 0 Å². The summed E-state index contributed by atoms with van der Waals surface area (Å²) in [6.45, 7) is 3.61. The number of rotatable bonds is 5. The summed E-state index contributed by atoms with van der Waals surface area (Å²) in [6, 6.07) is 12.6. The number of hydrogen-bond acceptors (Lipinski definition) is 3. The molecule has 0 radical (unpaired) electrons. The average Bonchev–Trinajstić information content (AvgIpc) is 2.91. The maximum atomic E-state index is 9.03. The lowest BCUT2D eigenvalue weighted by molar-refractivity contribution is -0.135. The molecule has 1 aliphatic carbocycles. The van der Waals surface area contributed by atoms with E-state index in [0.29, 0.717) is 24.9 Å². The highest BCUT2D eigenvalue weighted by molar-refractivity contribution is 5.14. The van der Waals surface area contributed by atoms with E-state index in [0.717, 1.165) is 25.9 Å². The molecule has 3 nitrogen and oxygen atoms in total. The molecule has 1 aromatic rings. The molecule has 0 aromatic heterocycles. The second kappa shape index (κ2) is 6.17. The Balaban J connectivity index is 1.70. The van der Waals surface area contributed by atoms with E-state index in [1.165, 1.54) is 5.56 Å². The van der Waals surface area contributed by atoms with E-state index in [-0.39, 0.29) is 11.7 Å². The smallest absolute Gasteiger partial charge is 0.0944 e. The summed E-state index contributed by atoms with van der Waals surface area (Å²) in [5.74, 6) is 0.971. The van der Waals surface area contributed by atoms with Crippen LogP contribution in [0.2, 0.25) is 0 Å². The summed E-state index contributed by atoms with van der Waals surface area (Å²) >= 11 is 0. The van der Waals surface area contributed by atoms with Gasteiger partial charge >= 0.3 is 0 Å². The van der Waals surface area contributed by atoms with Crippen LogP contribution < -0.4 is 0 Å². The van der Waals surface area contributed by atoms with E-state index in [1.807, 2.05) is 18.2 Å². The minimum Gasteiger partial charge on any atom is -0.372 e. The molecule has 2 bridgehead atoms. The molecule has 1 heterocycles. The molecule has 1 aromatic carbocycles. The van der Waals surface area contributed by atoms with Gasteiger partial charge in [-0.15, -0.1) is 0 Å². The predicted molar refractivity (Wildman–Crippen MR) is 80.4 cm³/mol. The fourth-order valence-electron chi connectivity index (χ4n) is 3.88. The third-order valence-electron chi connectivity index (χ3n) is 5.21. The summed E-state index contributed by atoms with van der Waals surface area (Å²) in [7, 11) is 0. The van der Waals surface area contributed by atoms with E-state index in [4.69, 9.17) is 14.7 Å². The standard InChI is InChI=1S/C18H23NO2/c1-2-18-11-16(13-21-18)15(8-9-19)10-17(18)20-12-14-6-4-3-5-7-14/h3-7,15-17H,2,8,10-13H2,1H3. The molecular weight excluding hydrogens is 262 g/mol. The quantitative estimate of drug-likeness (QED) is 0.828. The highest BCUT2D eigenvalue weighted by Crippen LogP contribution is 2.49. The summed E-state index contributed by atoms with van der Waals surface area (Å²) in [5, 5.41) is 9.03. The Labute approximate surface area is 126 Å². The molecule has 1 saturated carbocycles. The first-order chi connectivity index (χ1) is 10.3. The van der Waals surface area contributed by atoms with Crippen molar-refractivity contribution < 1.29 is 9.47 Å². The van der Waals surface area contributed by atoms with Crippen molar-refractivity contribution in [1.29, 1.82) is 5.26 Å². The molecule has 0 spiro atoms. The minimum absolute atomic E-state index is 0.111. The first-order valence-electron chi connectivity index (χ1n) is 7.94. The zero-order chi connectivity index (χ0) is 14.7. The van der Waals surface area contributed by atoms with Gasteiger partial charge in [-0.3, -0.25) is 0 Å². The highest BCUT2D eigenvalue weighted by Gasteiger charge is 2.52. The normalized spacial score (nSPS) is 34.6. The highest BCUT2D eigenvalue weighted by atomic mass is 16.6. The van der Waals surface area contributed by atoms with Crippen molar-refractivity contribution in [3.63, 3.8) is 0 Å². The molecule has 0 N–H and O–H groups in total. The molecule has 21 heavy (non-hydrogen) atoms. The Morgan fingerprint density at radius 2 is 2.19 bits per heavy atom. The van der Waals surface area contributed by atoms with Gasteiger partial charge in [0.05, 0.1) is 31.0 Å². The SMILES string of the molecule is CCC12CC(CO1)C(CC#N)CC2OCc1ccccc1. The van der Waals surface area contributed by atoms with Crippen molar-refractivity contribution in [3.8, 4) is 6.07 Å². The van der Waals surface area contributed by atoms with Gasteiger partial charge in [-0.1, -0.05) is 37.3 Å². The number of benzene rings is 1. The van der Waals surface area contributed by atoms with Crippen molar-refractivity contribution in [2.45, 2.75) is 50.9 Å². The number of nitriles is 1. The van der Waals surface area contributed by atoms with Crippen LogP contribution in [0.25, 0.3) is 0 Å². The largest absolute Gasteiger partial charge is 0.372 e. The van der Waals surface area contributed by atoms with Crippen LogP contribution in [0.5, 0.6) is 0 Å². The van der Waals surface area contributed by atoms with Gasteiger partial charge < -0.3 is 9.47 Å². The van der Waals surface area contributed by atoms with Crippen molar-refractivity contribution in [1.82, 2.24) is 0 Å². The van der Waals surface area contributed by atoms with Crippen LogP contribution in [-0.4, -0.2) is 18.3 Å². The maximum absolute atomic E-state index is 9.03. The fourth-order valence-corrected chi connectivity index (χ4v) is 3.88. The van der Waals surface area contributed by atoms with Crippen molar-refractivity contribution in [2.75, 3.05) is 6.61 Å². The Hall–Kier alpha value is -1.37. The lowest BCUT2D eigenvalue weighted by Gasteiger charge is -2.41. The zero-order valence-electron chi connectivity index (χ0n) is 12.6. The first kappa shape index (κ1) is 14.6. The number of nitrogens with zero attached hydrogens (tertiary/aromatic N) is 1. The summed E-state index contributed by atoms with van der Waals surface area (Å²) in [5.41, 5.74) is 1.08. The monoisotopic (exact) mass is 285 g/mol. The van der Waals surface area contributed by atoms with Crippen molar-refractivity contribution in [3.05, 3.63) is 35.9 Å². The van der Waals surface area contributed by atoms with Gasteiger partial charge in [0.1, 0.15) is 0 Å². The van der Waals surface area contributed by atoms with Gasteiger partial charge in [-0.25, -0.2) is 0 Å². The molecule has 4 atom stereocenters. The Morgan fingerprint density at radius 3 is 2.90 bits per heavy atom. The zero-order valence-corrected chi connectivity index (χ0v) is 12.6. The lowest BCUT2D eigenvalue weighted by Crippen LogP contribution is -2.47. The first-order valence-corrected chi connectivity index (χ1v) is 7.94. The molecule has 1 saturated heterocycles. The molecule has 2 aliphatic rings. The van der Waals surface area contributed by atoms with E-state index < -0.39 is 0 Å². The maximum Gasteiger partial charge on any atom is 0.0944 e. The average molecular weight is 285 g/mol. The molecule has 1 aliphatic heterocycles. The van der Waals surface area contributed by atoms with Gasteiger partial charge in [0.25, 0.3) is 0 Å². The summed E-state index contributed by atoms with van der Waals surface area (Å²) in [6.07, 6.45) is 3.73. The Kier molecular flexibility index (Phi) is 4.28. The van der Waals surface area contributed by atoms with Crippen LogP contribution in [0.4, 0.5) is 0 Å². The van der Waals surface area contributed by atoms with E-state index in [9.17, 15) is 0 Å². The predicted octanol–water partition coefficient (Wildman–Crippen LogP) is 3.69. The third kappa shape index (κ3) is 2.84. The van der Waals surface area contributed by atoms with Crippen LogP contribution in [0, 0.1) is 23.2 Å². The van der Waals surface area contributed by atoms with E-state index >= 15 is 0 Å². The number of hydrogen-bond donors (Lipinski definition) is 0. The van der Waals surface area contributed by atoms with Crippen LogP contribution in [0.15, 0.2) is 30.3 Å². The second-order valence-electron chi connectivity index (χ2n) is 6.34. The Morgan fingerprint density at radius 1 is 1.38 bits per heavy atom. The fraction of sp³-hybridized carbons (Fsp3) is 0.611. The molecule has 4 unspecified atom stereocenters. The molecule has 3 rings (SSSR count). The lowest BCUT2D eigenvalue weighted by atomic mass is 9.70. The second-order valence-corrected chi connectivity index (χ2v) is 6.34. The molecule has 0 amide bonds. The van der Waals surface area contributed by atoms with Gasteiger partial charge in [0.15, 0.2) is 0 Å². The van der Waals surface area contributed by atoms with Gasteiger partial charge in [-0.2, -0.15) is 5.26 Å². The van der Waals surface area contributed by atoms with Gasteiger partial charge in [-0.05, 0) is 36.7 Å². The molecule has 3 heteroatoms. The third-order valence-corrected chi connectivity index (χ3v) is 5.21. The van der Waals surface area contributed by atoms with Crippen molar-refractivity contribution in [2.24, 2.45) is 11.8 Å². The van der Waals surface area contributed by atoms with Gasteiger partial charge in [0.2, 0.25) is 0 Å². The topological polar surface area (TPSA) is 42.2 Å². The summed E-state index contributed by atoms with van der Waals surface area (Å²) in [4.78, 5) is 0. The van der Waals surface area contributed by atoms with Crippen LogP contribution in [0.3, 0.4) is 0 Å².